The van der Waals surface area contributed by atoms with E-state index < -0.39 is 0 Å². The van der Waals surface area contributed by atoms with Gasteiger partial charge in [-0.15, -0.1) is 12.4 Å². The van der Waals surface area contributed by atoms with E-state index in [9.17, 15) is 9.59 Å². The van der Waals surface area contributed by atoms with Crippen molar-refractivity contribution in [3.8, 4) is 0 Å². The summed E-state index contributed by atoms with van der Waals surface area (Å²) in [6.45, 7) is 9.94. The third-order valence-corrected chi connectivity index (χ3v) is 5.34. The van der Waals surface area contributed by atoms with Gasteiger partial charge in [-0.3, -0.25) is 9.59 Å². The van der Waals surface area contributed by atoms with Gasteiger partial charge in [0.25, 0.3) is 5.91 Å². The predicted molar refractivity (Wildman–Crippen MR) is 113 cm³/mol. The minimum Gasteiger partial charge on any atom is -0.378 e. The smallest absolute Gasteiger partial charge is 0.253 e. The molecule has 3 rings (SSSR count). The highest BCUT2D eigenvalue weighted by molar-refractivity contribution is 5.98. The van der Waals surface area contributed by atoms with Crippen LogP contribution in [-0.2, 0) is 9.53 Å². The molecule has 2 fully saturated rings. The van der Waals surface area contributed by atoms with E-state index in [0.717, 1.165) is 31.6 Å². The fraction of sp³-hybridized carbons (Fsp3) is 0.619. The Labute approximate surface area is 173 Å². The number of aryl methyl sites for hydroxylation is 1. The van der Waals surface area contributed by atoms with E-state index in [4.69, 9.17) is 4.74 Å². The molecule has 0 spiro atoms. The van der Waals surface area contributed by atoms with E-state index in [0.29, 0.717) is 42.7 Å². The van der Waals surface area contributed by atoms with Crippen LogP contribution >= 0.6 is 12.4 Å². The Balaban J connectivity index is 0.00000280. The fourth-order valence-electron chi connectivity index (χ4n) is 4.08. The molecule has 0 aliphatic carbocycles. The molecule has 1 aromatic rings. The van der Waals surface area contributed by atoms with Crippen molar-refractivity contribution in [1.29, 1.82) is 0 Å². The highest BCUT2D eigenvalue weighted by Crippen LogP contribution is 2.24. The van der Waals surface area contributed by atoms with Crippen LogP contribution in [0.3, 0.4) is 0 Å². The van der Waals surface area contributed by atoms with E-state index >= 15 is 0 Å². The van der Waals surface area contributed by atoms with Gasteiger partial charge in [0, 0.05) is 43.3 Å². The van der Waals surface area contributed by atoms with Gasteiger partial charge in [0.15, 0.2) is 0 Å². The van der Waals surface area contributed by atoms with Crippen molar-refractivity contribution in [3.63, 3.8) is 0 Å². The first kappa shape index (κ1) is 22.7. The standard InChI is InChI=1S/C21H31N3O3.ClH/c1-14-8-15(2)12-24(11-14)21(26)17-5-4-16(3)19(9-17)23-20(25)10-18-13-27-7-6-22-18;/h4-5,9,14-15,18,22H,6-8,10-13H2,1-3H3,(H,23,25);1H. The zero-order chi connectivity index (χ0) is 19.4. The predicted octanol–water partition coefficient (Wildman–Crippen LogP) is 2.85. The number of piperidine rings is 1. The summed E-state index contributed by atoms with van der Waals surface area (Å²) in [5.41, 5.74) is 2.30. The number of halogens is 1. The van der Waals surface area contributed by atoms with Gasteiger partial charge in [-0.2, -0.15) is 0 Å². The van der Waals surface area contributed by atoms with Gasteiger partial charge >= 0.3 is 0 Å². The molecule has 2 N–H and O–H groups in total. The second kappa shape index (κ2) is 10.2. The lowest BCUT2D eigenvalue weighted by Crippen LogP contribution is -2.43. The van der Waals surface area contributed by atoms with E-state index in [1.54, 1.807) is 0 Å². The van der Waals surface area contributed by atoms with Crippen LogP contribution in [0, 0.1) is 18.8 Å². The molecule has 2 aliphatic rings. The normalized spacial score (nSPS) is 25.0. The number of nitrogens with zero attached hydrogens (tertiary/aromatic N) is 1. The molecular weight excluding hydrogens is 378 g/mol. The molecule has 2 saturated heterocycles. The van der Waals surface area contributed by atoms with Crippen molar-refractivity contribution in [2.24, 2.45) is 11.8 Å². The third-order valence-electron chi connectivity index (χ3n) is 5.34. The lowest BCUT2D eigenvalue weighted by atomic mass is 9.91. The fourth-order valence-corrected chi connectivity index (χ4v) is 4.08. The maximum Gasteiger partial charge on any atom is 0.253 e. The molecule has 2 aliphatic heterocycles. The highest BCUT2D eigenvalue weighted by Gasteiger charge is 2.26. The molecular formula is C21H32ClN3O3. The molecule has 2 heterocycles. The van der Waals surface area contributed by atoms with Crippen LogP contribution in [0.5, 0.6) is 0 Å². The molecule has 2 amide bonds. The van der Waals surface area contributed by atoms with Crippen LogP contribution in [0.2, 0.25) is 0 Å². The first-order valence-corrected chi connectivity index (χ1v) is 9.93. The molecule has 0 bridgehead atoms. The third kappa shape index (κ3) is 5.93. The number of rotatable bonds is 4. The number of anilines is 1. The summed E-state index contributed by atoms with van der Waals surface area (Å²) in [5, 5.41) is 6.25. The van der Waals surface area contributed by atoms with Gasteiger partial charge in [-0.25, -0.2) is 0 Å². The van der Waals surface area contributed by atoms with Gasteiger partial charge < -0.3 is 20.3 Å². The second-order valence-electron chi connectivity index (χ2n) is 8.16. The summed E-state index contributed by atoms with van der Waals surface area (Å²) in [5.74, 6) is 1.03. The second-order valence-corrected chi connectivity index (χ2v) is 8.16. The number of likely N-dealkylation sites (tertiary alicyclic amines) is 1. The molecule has 0 aromatic heterocycles. The average molecular weight is 410 g/mol. The Hall–Kier alpha value is -1.63. The maximum atomic E-state index is 12.9. The Morgan fingerprint density at radius 1 is 1.25 bits per heavy atom. The molecule has 6 nitrogen and oxygen atoms in total. The van der Waals surface area contributed by atoms with Gasteiger partial charge in [0.1, 0.15) is 0 Å². The van der Waals surface area contributed by atoms with Crippen LogP contribution in [0.1, 0.15) is 42.6 Å². The number of hydrogen-bond acceptors (Lipinski definition) is 4. The molecule has 7 heteroatoms. The first-order valence-electron chi connectivity index (χ1n) is 9.93. The number of hydrogen-bond donors (Lipinski definition) is 2. The molecule has 3 unspecified atom stereocenters. The summed E-state index contributed by atoms with van der Waals surface area (Å²) >= 11 is 0. The number of benzene rings is 1. The van der Waals surface area contributed by atoms with Gasteiger partial charge in [0.05, 0.1) is 13.2 Å². The van der Waals surface area contributed by atoms with Crippen molar-refractivity contribution < 1.29 is 14.3 Å². The molecule has 28 heavy (non-hydrogen) atoms. The average Bonchev–Trinajstić information content (AvgIpc) is 2.63. The molecule has 0 saturated carbocycles. The van der Waals surface area contributed by atoms with E-state index in [1.165, 1.54) is 0 Å². The summed E-state index contributed by atoms with van der Waals surface area (Å²) in [4.78, 5) is 27.3. The van der Waals surface area contributed by atoms with Crippen molar-refractivity contribution in [3.05, 3.63) is 29.3 Å². The Morgan fingerprint density at radius 3 is 2.61 bits per heavy atom. The summed E-state index contributed by atoms with van der Waals surface area (Å²) in [6, 6.07) is 5.61. The molecule has 156 valence electrons. The quantitative estimate of drug-likeness (QED) is 0.802. The van der Waals surface area contributed by atoms with Crippen molar-refractivity contribution in [1.82, 2.24) is 10.2 Å². The number of carbonyl (C=O) groups is 2. The Bertz CT molecular complexity index is 681. The van der Waals surface area contributed by atoms with Crippen LogP contribution < -0.4 is 10.6 Å². The van der Waals surface area contributed by atoms with Gasteiger partial charge in [-0.1, -0.05) is 19.9 Å². The number of ether oxygens (including phenoxy) is 1. The van der Waals surface area contributed by atoms with Crippen molar-refractivity contribution in [2.75, 3.05) is 38.2 Å². The SMILES string of the molecule is Cc1ccc(C(=O)N2CC(C)CC(C)C2)cc1NC(=O)CC1COCCN1.Cl. The van der Waals surface area contributed by atoms with E-state index in [2.05, 4.69) is 24.5 Å². The lowest BCUT2D eigenvalue weighted by molar-refractivity contribution is -0.117. The topological polar surface area (TPSA) is 70.7 Å². The van der Waals surface area contributed by atoms with Gasteiger partial charge in [0.2, 0.25) is 5.91 Å². The molecule has 1 aromatic carbocycles. The number of morpholine rings is 1. The van der Waals surface area contributed by atoms with Crippen molar-refractivity contribution >= 4 is 29.9 Å². The van der Waals surface area contributed by atoms with Gasteiger partial charge in [-0.05, 0) is 42.9 Å². The maximum absolute atomic E-state index is 12.9. The lowest BCUT2D eigenvalue weighted by Gasteiger charge is -2.35. The highest BCUT2D eigenvalue weighted by atomic mass is 35.5. The largest absolute Gasteiger partial charge is 0.378 e. The Kier molecular flexibility index (Phi) is 8.28. The van der Waals surface area contributed by atoms with E-state index in [1.807, 2.05) is 30.0 Å². The number of carbonyl (C=O) groups excluding carboxylic acids is 2. The van der Waals surface area contributed by atoms with Crippen LogP contribution in [0.4, 0.5) is 5.69 Å². The monoisotopic (exact) mass is 409 g/mol. The first-order chi connectivity index (χ1) is 12.9. The van der Waals surface area contributed by atoms with Crippen LogP contribution in [-0.4, -0.2) is 55.6 Å². The zero-order valence-corrected chi connectivity index (χ0v) is 17.8. The minimum absolute atomic E-state index is 0. The zero-order valence-electron chi connectivity index (χ0n) is 17.0. The molecule has 3 atom stereocenters. The number of nitrogens with one attached hydrogen (secondary N) is 2. The summed E-state index contributed by atoms with van der Waals surface area (Å²) < 4.78 is 5.40. The van der Waals surface area contributed by atoms with E-state index in [-0.39, 0.29) is 30.3 Å². The molecule has 0 radical (unpaired) electrons. The van der Waals surface area contributed by atoms with Crippen LogP contribution in [0.25, 0.3) is 0 Å². The summed E-state index contributed by atoms with van der Waals surface area (Å²) in [6.07, 6.45) is 1.52. The number of amides is 2. The minimum atomic E-state index is -0.0640. The van der Waals surface area contributed by atoms with Crippen molar-refractivity contribution in [2.45, 2.75) is 39.7 Å². The van der Waals surface area contributed by atoms with Crippen LogP contribution in [0.15, 0.2) is 18.2 Å². The Morgan fingerprint density at radius 2 is 1.96 bits per heavy atom. The summed E-state index contributed by atoms with van der Waals surface area (Å²) in [7, 11) is 0.